The molecule has 2 nitrogen and oxygen atoms in total. The summed E-state index contributed by atoms with van der Waals surface area (Å²) < 4.78 is 0. The van der Waals surface area contributed by atoms with Crippen LogP contribution < -0.4 is 5.73 Å². The molecule has 82 valence electrons. The van der Waals surface area contributed by atoms with Gasteiger partial charge in [-0.25, -0.2) is 0 Å². The molecule has 0 radical (unpaired) electrons. The van der Waals surface area contributed by atoms with Crippen LogP contribution in [0.1, 0.15) is 64.7 Å². The largest absolute Gasteiger partial charge is 0.316 e. The zero-order valence-corrected chi connectivity index (χ0v) is 9.47. The molecule has 0 saturated heterocycles. The quantitative estimate of drug-likeness (QED) is 0.575. The molecule has 14 heavy (non-hydrogen) atoms. The lowest BCUT2D eigenvalue weighted by Gasteiger charge is -2.02. The molecule has 0 aromatic rings. The van der Waals surface area contributed by atoms with E-state index in [-0.39, 0.29) is 6.04 Å². The van der Waals surface area contributed by atoms with Gasteiger partial charge in [0.2, 0.25) is 0 Å². The van der Waals surface area contributed by atoms with Gasteiger partial charge in [-0.1, -0.05) is 58.3 Å². The summed E-state index contributed by atoms with van der Waals surface area (Å²) in [7, 11) is 0. The van der Waals surface area contributed by atoms with Gasteiger partial charge in [0, 0.05) is 0 Å². The summed E-state index contributed by atoms with van der Waals surface area (Å²) >= 11 is 0. The van der Waals surface area contributed by atoms with Crippen molar-refractivity contribution in [1.82, 2.24) is 0 Å². The molecule has 1 atom stereocenters. The van der Waals surface area contributed by atoms with Gasteiger partial charge in [-0.15, -0.1) is 0 Å². The minimum absolute atomic E-state index is 0.241. The first-order chi connectivity index (χ1) is 6.81. The number of nitriles is 1. The number of nitrogens with zero attached hydrogens (tertiary/aromatic N) is 1. The van der Waals surface area contributed by atoms with E-state index in [0.717, 1.165) is 12.8 Å². The third-order valence-corrected chi connectivity index (χ3v) is 2.53. The van der Waals surface area contributed by atoms with Gasteiger partial charge in [0.25, 0.3) is 0 Å². The van der Waals surface area contributed by atoms with E-state index in [2.05, 4.69) is 13.0 Å². The van der Waals surface area contributed by atoms with Gasteiger partial charge in [0.1, 0.15) is 0 Å². The number of nitrogens with two attached hydrogens (primary N) is 1. The van der Waals surface area contributed by atoms with E-state index >= 15 is 0 Å². The Kier molecular flexibility index (Phi) is 10.1. The monoisotopic (exact) mass is 196 g/mol. The fraction of sp³-hybridized carbons (Fsp3) is 0.917. The van der Waals surface area contributed by atoms with Crippen LogP contribution in [0, 0.1) is 11.3 Å². The van der Waals surface area contributed by atoms with Gasteiger partial charge < -0.3 is 5.73 Å². The van der Waals surface area contributed by atoms with E-state index in [1.54, 1.807) is 0 Å². The Morgan fingerprint density at radius 1 is 1.00 bits per heavy atom. The standard InChI is InChI=1S/C12H24N2/c1-2-3-4-5-6-7-8-9-10-12(14)11-13/h12H,2-10,14H2,1H3. The fourth-order valence-electron chi connectivity index (χ4n) is 1.56. The van der Waals surface area contributed by atoms with Crippen molar-refractivity contribution in [2.45, 2.75) is 70.8 Å². The zero-order valence-electron chi connectivity index (χ0n) is 9.47. The highest BCUT2D eigenvalue weighted by atomic mass is 14.6. The van der Waals surface area contributed by atoms with E-state index in [4.69, 9.17) is 11.0 Å². The van der Waals surface area contributed by atoms with E-state index in [1.165, 1.54) is 44.9 Å². The van der Waals surface area contributed by atoms with E-state index < -0.39 is 0 Å². The van der Waals surface area contributed by atoms with Gasteiger partial charge in [0.15, 0.2) is 0 Å². The Balaban J connectivity index is 2.96. The van der Waals surface area contributed by atoms with Crippen molar-refractivity contribution >= 4 is 0 Å². The first-order valence-corrected chi connectivity index (χ1v) is 5.96. The van der Waals surface area contributed by atoms with E-state index in [0.29, 0.717) is 0 Å². The van der Waals surface area contributed by atoms with Crippen molar-refractivity contribution < 1.29 is 0 Å². The molecule has 0 aromatic carbocycles. The summed E-state index contributed by atoms with van der Waals surface area (Å²) in [4.78, 5) is 0. The highest BCUT2D eigenvalue weighted by Crippen LogP contribution is 2.09. The van der Waals surface area contributed by atoms with Crippen LogP contribution in [-0.4, -0.2) is 6.04 Å². The van der Waals surface area contributed by atoms with Gasteiger partial charge >= 0.3 is 0 Å². The normalized spacial score (nSPS) is 12.4. The van der Waals surface area contributed by atoms with Crippen LogP contribution in [0.5, 0.6) is 0 Å². The van der Waals surface area contributed by atoms with Crippen LogP contribution in [0.2, 0.25) is 0 Å². The molecule has 0 aliphatic heterocycles. The number of rotatable bonds is 9. The number of unbranched alkanes of at least 4 members (excludes halogenated alkanes) is 7. The Morgan fingerprint density at radius 2 is 1.50 bits per heavy atom. The van der Waals surface area contributed by atoms with Gasteiger partial charge in [-0.2, -0.15) is 5.26 Å². The lowest BCUT2D eigenvalue weighted by Crippen LogP contribution is -2.16. The molecule has 0 rings (SSSR count). The molecule has 0 saturated carbocycles. The first kappa shape index (κ1) is 13.4. The van der Waals surface area contributed by atoms with E-state index in [1.807, 2.05) is 0 Å². The van der Waals surface area contributed by atoms with Crippen molar-refractivity contribution in [2.75, 3.05) is 0 Å². The summed E-state index contributed by atoms with van der Waals surface area (Å²) in [6.45, 7) is 2.24. The summed E-state index contributed by atoms with van der Waals surface area (Å²) in [5, 5.41) is 8.46. The average molecular weight is 196 g/mol. The Labute approximate surface area is 88.5 Å². The maximum absolute atomic E-state index is 8.46. The molecule has 0 aliphatic carbocycles. The van der Waals surface area contributed by atoms with Gasteiger partial charge in [0.05, 0.1) is 12.1 Å². The molecule has 2 N–H and O–H groups in total. The highest BCUT2D eigenvalue weighted by Gasteiger charge is 1.98. The van der Waals surface area contributed by atoms with Gasteiger partial charge in [-0.05, 0) is 6.42 Å². The minimum Gasteiger partial charge on any atom is -0.316 e. The third-order valence-electron chi connectivity index (χ3n) is 2.53. The molecule has 1 unspecified atom stereocenters. The lowest BCUT2D eigenvalue weighted by atomic mass is 10.1. The van der Waals surface area contributed by atoms with Crippen molar-refractivity contribution in [3.05, 3.63) is 0 Å². The predicted octanol–water partition coefficient (Wildman–Crippen LogP) is 3.37. The van der Waals surface area contributed by atoms with Crippen molar-refractivity contribution in [3.8, 4) is 6.07 Å². The molecule has 0 aromatic heterocycles. The third kappa shape index (κ3) is 9.54. The van der Waals surface area contributed by atoms with Crippen molar-refractivity contribution in [2.24, 2.45) is 5.73 Å². The summed E-state index contributed by atoms with van der Waals surface area (Å²) in [5.41, 5.74) is 5.49. The van der Waals surface area contributed by atoms with Crippen LogP contribution in [-0.2, 0) is 0 Å². The van der Waals surface area contributed by atoms with Crippen LogP contribution in [0.25, 0.3) is 0 Å². The molecule has 0 bridgehead atoms. The average Bonchev–Trinajstić information content (AvgIpc) is 2.21. The Morgan fingerprint density at radius 3 is 2.00 bits per heavy atom. The maximum Gasteiger partial charge on any atom is 0.0928 e. The van der Waals surface area contributed by atoms with Crippen LogP contribution >= 0.6 is 0 Å². The molecule has 0 aliphatic rings. The molecule has 0 fully saturated rings. The molecular weight excluding hydrogens is 172 g/mol. The smallest absolute Gasteiger partial charge is 0.0928 e. The molecule has 0 heterocycles. The fourth-order valence-corrected chi connectivity index (χ4v) is 1.56. The minimum atomic E-state index is -0.241. The second-order valence-corrected chi connectivity index (χ2v) is 4.00. The van der Waals surface area contributed by atoms with E-state index in [9.17, 15) is 0 Å². The SMILES string of the molecule is CCCCCCCCCCC(N)C#N. The van der Waals surface area contributed by atoms with Crippen LogP contribution in [0.3, 0.4) is 0 Å². The van der Waals surface area contributed by atoms with Crippen molar-refractivity contribution in [1.29, 1.82) is 5.26 Å². The van der Waals surface area contributed by atoms with Crippen LogP contribution in [0.15, 0.2) is 0 Å². The Hall–Kier alpha value is -0.550. The molecule has 0 amide bonds. The molecule has 0 spiro atoms. The van der Waals surface area contributed by atoms with Gasteiger partial charge in [-0.3, -0.25) is 0 Å². The highest BCUT2D eigenvalue weighted by molar-refractivity contribution is 4.85. The zero-order chi connectivity index (χ0) is 10.6. The summed E-state index contributed by atoms with van der Waals surface area (Å²) in [6, 6.07) is 1.82. The van der Waals surface area contributed by atoms with Crippen LogP contribution in [0.4, 0.5) is 0 Å². The summed E-state index contributed by atoms with van der Waals surface area (Å²) in [6.07, 6.45) is 11.3. The predicted molar refractivity (Wildman–Crippen MR) is 60.8 cm³/mol. The number of hydrogen-bond acceptors (Lipinski definition) is 2. The van der Waals surface area contributed by atoms with Crippen molar-refractivity contribution in [3.63, 3.8) is 0 Å². The topological polar surface area (TPSA) is 49.8 Å². The summed E-state index contributed by atoms with van der Waals surface area (Å²) in [5.74, 6) is 0. The lowest BCUT2D eigenvalue weighted by molar-refractivity contribution is 0.555. The maximum atomic E-state index is 8.46. The Bertz CT molecular complexity index is 149. The second-order valence-electron chi connectivity index (χ2n) is 4.00. The number of hydrogen-bond donors (Lipinski definition) is 1. The second kappa shape index (κ2) is 10.5. The molecular formula is C12H24N2. The molecule has 2 heteroatoms. The first-order valence-electron chi connectivity index (χ1n) is 5.96.